The molecule has 3 rings (SSSR count). The van der Waals surface area contributed by atoms with Crippen molar-refractivity contribution in [1.29, 1.82) is 5.26 Å². The zero-order valence-electron chi connectivity index (χ0n) is 15.0. The minimum absolute atomic E-state index is 0.00181. The van der Waals surface area contributed by atoms with E-state index in [-0.39, 0.29) is 29.4 Å². The Balaban J connectivity index is 2.00. The van der Waals surface area contributed by atoms with Gasteiger partial charge >= 0.3 is 5.97 Å². The topological polar surface area (TPSA) is 123 Å². The van der Waals surface area contributed by atoms with Gasteiger partial charge in [-0.3, -0.25) is 9.78 Å². The number of nitrogens with two attached hydrogens (primary N) is 1. The molecule has 1 amide bonds. The Morgan fingerprint density at radius 1 is 1.25 bits per heavy atom. The predicted octanol–water partition coefficient (Wildman–Crippen LogP) is 2.04. The lowest BCUT2D eigenvalue weighted by Gasteiger charge is -2.13. The van der Waals surface area contributed by atoms with Gasteiger partial charge in [0.15, 0.2) is 5.69 Å². The second-order valence-corrected chi connectivity index (χ2v) is 5.80. The van der Waals surface area contributed by atoms with E-state index >= 15 is 0 Å². The van der Waals surface area contributed by atoms with E-state index in [1.54, 1.807) is 42.6 Å². The van der Waals surface area contributed by atoms with Crippen LogP contribution in [0.15, 0.2) is 54.9 Å². The van der Waals surface area contributed by atoms with Gasteiger partial charge in [0.25, 0.3) is 5.91 Å². The molecule has 0 unspecified atom stereocenters. The van der Waals surface area contributed by atoms with Gasteiger partial charge in [0.05, 0.1) is 41.9 Å². The molecule has 8 nitrogen and oxygen atoms in total. The summed E-state index contributed by atoms with van der Waals surface area (Å²) in [7, 11) is 1.22. The lowest BCUT2D eigenvalue weighted by atomic mass is 10.1. The average Bonchev–Trinajstić information content (AvgIpc) is 3.08. The normalized spacial score (nSPS) is 10.1. The number of aromatic nitrogens is 2. The molecule has 0 atom stereocenters. The fourth-order valence-electron chi connectivity index (χ4n) is 2.75. The molecule has 0 aliphatic carbocycles. The fourth-order valence-corrected chi connectivity index (χ4v) is 2.75. The van der Waals surface area contributed by atoms with Crippen LogP contribution in [0, 0.1) is 11.3 Å². The number of nitrogens with zero attached hydrogens (tertiary/aromatic N) is 3. The van der Waals surface area contributed by atoms with Crippen molar-refractivity contribution in [3.63, 3.8) is 0 Å². The van der Waals surface area contributed by atoms with Crippen LogP contribution in [0.5, 0.6) is 0 Å². The first-order valence-electron chi connectivity index (χ1n) is 8.33. The lowest BCUT2D eigenvalue weighted by molar-refractivity contribution is 0.0592. The molecule has 0 spiro atoms. The van der Waals surface area contributed by atoms with E-state index in [0.717, 1.165) is 0 Å². The number of ether oxygens (including phenoxy) is 1. The summed E-state index contributed by atoms with van der Waals surface area (Å²) in [6.07, 6.45) is 3.05. The second-order valence-electron chi connectivity index (χ2n) is 5.80. The summed E-state index contributed by atoms with van der Waals surface area (Å²) in [5.74, 6) is -1.06. The number of nitrogens with one attached hydrogen (secondary N) is 1. The molecule has 1 aromatic carbocycles. The summed E-state index contributed by atoms with van der Waals surface area (Å²) < 4.78 is 6.18. The molecule has 8 heteroatoms. The van der Waals surface area contributed by atoms with Crippen molar-refractivity contribution in [3.8, 4) is 11.8 Å². The number of carbonyl (C=O) groups excluding carboxylic acids is 2. The number of hydrogen-bond acceptors (Lipinski definition) is 6. The van der Waals surface area contributed by atoms with Crippen LogP contribution in [0.3, 0.4) is 0 Å². The summed E-state index contributed by atoms with van der Waals surface area (Å²) in [5, 5.41) is 12.1. The Hall–Kier alpha value is -4.12. The third-order valence-electron chi connectivity index (χ3n) is 4.11. The van der Waals surface area contributed by atoms with Crippen molar-refractivity contribution in [2.24, 2.45) is 0 Å². The van der Waals surface area contributed by atoms with Crippen LogP contribution in [0.4, 0.5) is 5.69 Å². The number of anilines is 1. The highest BCUT2D eigenvalue weighted by molar-refractivity contribution is 6.00. The number of nitriles is 1. The molecule has 2 heterocycles. The molecule has 3 N–H and O–H groups in total. The lowest BCUT2D eigenvalue weighted by Crippen LogP contribution is -2.25. The molecular formula is C20H17N5O3. The number of methoxy groups -OCH3 is 1. The Morgan fingerprint density at radius 3 is 2.68 bits per heavy atom. The first-order chi connectivity index (χ1) is 13.6. The van der Waals surface area contributed by atoms with Crippen molar-refractivity contribution in [2.75, 3.05) is 12.8 Å². The summed E-state index contributed by atoms with van der Waals surface area (Å²) in [6, 6.07) is 14.0. The molecule has 0 aliphatic rings. The second kappa shape index (κ2) is 8.05. The molecule has 0 aliphatic heterocycles. The maximum absolute atomic E-state index is 12.8. The van der Waals surface area contributed by atoms with Gasteiger partial charge < -0.3 is 20.4 Å². The fraction of sp³-hybridized carbons (Fsp3) is 0.100. The van der Waals surface area contributed by atoms with E-state index in [9.17, 15) is 14.9 Å². The number of esters is 1. The van der Waals surface area contributed by atoms with Gasteiger partial charge in [-0.05, 0) is 24.3 Å². The van der Waals surface area contributed by atoms with Gasteiger partial charge in [0.2, 0.25) is 0 Å². The van der Waals surface area contributed by atoms with Crippen LogP contribution in [-0.2, 0) is 11.3 Å². The highest BCUT2D eigenvalue weighted by atomic mass is 16.5. The molecule has 0 saturated carbocycles. The van der Waals surface area contributed by atoms with Gasteiger partial charge in [0.1, 0.15) is 6.07 Å². The molecule has 140 valence electrons. The Kier molecular flexibility index (Phi) is 5.37. The minimum atomic E-state index is -0.706. The van der Waals surface area contributed by atoms with Gasteiger partial charge in [-0.15, -0.1) is 0 Å². The van der Waals surface area contributed by atoms with E-state index in [1.165, 1.54) is 17.9 Å². The molecule has 0 saturated heterocycles. The van der Waals surface area contributed by atoms with Crippen LogP contribution in [0.25, 0.3) is 5.69 Å². The number of carbonyl (C=O) groups is 2. The van der Waals surface area contributed by atoms with Crippen molar-refractivity contribution in [1.82, 2.24) is 14.9 Å². The maximum atomic E-state index is 12.8. The summed E-state index contributed by atoms with van der Waals surface area (Å²) >= 11 is 0. The predicted molar refractivity (Wildman–Crippen MR) is 102 cm³/mol. The van der Waals surface area contributed by atoms with E-state index < -0.39 is 5.97 Å². The molecular weight excluding hydrogens is 358 g/mol. The third kappa shape index (κ3) is 3.54. The summed E-state index contributed by atoms with van der Waals surface area (Å²) in [4.78, 5) is 29.1. The van der Waals surface area contributed by atoms with E-state index in [2.05, 4.69) is 10.3 Å². The molecule has 0 bridgehead atoms. The number of hydrogen-bond donors (Lipinski definition) is 2. The van der Waals surface area contributed by atoms with Gasteiger partial charge in [0, 0.05) is 12.4 Å². The Morgan fingerprint density at radius 2 is 2.00 bits per heavy atom. The quantitative estimate of drug-likeness (QED) is 0.658. The van der Waals surface area contributed by atoms with Crippen LogP contribution in [-0.4, -0.2) is 28.5 Å². The number of rotatable bonds is 5. The molecule has 0 fully saturated rings. The number of benzene rings is 1. The maximum Gasteiger partial charge on any atom is 0.357 e. The largest absolute Gasteiger partial charge is 0.464 e. The smallest absolute Gasteiger partial charge is 0.357 e. The van der Waals surface area contributed by atoms with Crippen molar-refractivity contribution < 1.29 is 14.3 Å². The van der Waals surface area contributed by atoms with Gasteiger partial charge in [-0.25, -0.2) is 4.79 Å². The SMILES string of the molecule is COC(=O)c1c(N)c(C#N)cn1-c1ccccc1C(=O)NCc1ccccn1. The number of pyridine rings is 1. The monoisotopic (exact) mass is 375 g/mol. The Bertz CT molecular complexity index is 1070. The molecule has 28 heavy (non-hydrogen) atoms. The number of amides is 1. The minimum Gasteiger partial charge on any atom is -0.464 e. The van der Waals surface area contributed by atoms with Crippen molar-refractivity contribution >= 4 is 17.6 Å². The zero-order valence-corrected chi connectivity index (χ0v) is 15.0. The summed E-state index contributed by atoms with van der Waals surface area (Å²) in [6.45, 7) is 0.245. The van der Waals surface area contributed by atoms with Crippen LogP contribution >= 0.6 is 0 Å². The highest BCUT2D eigenvalue weighted by Crippen LogP contribution is 2.26. The van der Waals surface area contributed by atoms with Crippen molar-refractivity contribution in [2.45, 2.75) is 6.54 Å². The molecule has 2 aromatic heterocycles. The van der Waals surface area contributed by atoms with Crippen LogP contribution < -0.4 is 11.1 Å². The standard InChI is InChI=1S/C20H17N5O3/c1-28-20(27)18-17(22)13(10-21)12-25(18)16-8-3-2-7-15(16)19(26)24-11-14-6-4-5-9-23-14/h2-9,12H,11,22H2,1H3,(H,24,26). The highest BCUT2D eigenvalue weighted by Gasteiger charge is 2.24. The van der Waals surface area contributed by atoms with E-state index in [0.29, 0.717) is 16.9 Å². The van der Waals surface area contributed by atoms with Crippen molar-refractivity contribution in [3.05, 3.63) is 77.4 Å². The average molecular weight is 375 g/mol. The first kappa shape index (κ1) is 18.7. The Labute approximate surface area is 161 Å². The van der Waals surface area contributed by atoms with Gasteiger partial charge in [-0.1, -0.05) is 18.2 Å². The van der Waals surface area contributed by atoms with E-state index in [1.807, 2.05) is 12.1 Å². The van der Waals surface area contributed by atoms with E-state index in [4.69, 9.17) is 10.5 Å². The number of para-hydroxylation sites is 1. The molecule has 3 aromatic rings. The van der Waals surface area contributed by atoms with Crippen LogP contribution in [0.1, 0.15) is 32.1 Å². The molecule has 0 radical (unpaired) electrons. The summed E-state index contributed by atoms with van der Waals surface area (Å²) in [5.41, 5.74) is 7.45. The third-order valence-corrected chi connectivity index (χ3v) is 4.11. The van der Waals surface area contributed by atoms with Crippen LogP contribution in [0.2, 0.25) is 0 Å². The zero-order chi connectivity index (χ0) is 20.1. The number of nitrogen functional groups attached to an aromatic ring is 1. The first-order valence-corrected chi connectivity index (χ1v) is 8.33. The van der Waals surface area contributed by atoms with Gasteiger partial charge in [-0.2, -0.15) is 5.26 Å².